The number of aromatic nitrogens is 2. The van der Waals surface area contributed by atoms with Crippen molar-refractivity contribution in [1.29, 1.82) is 0 Å². The van der Waals surface area contributed by atoms with E-state index in [0.717, 1.165) is 16.4 Å². The van der Waals surface area contributed by atoms with Crippen molar-refractivity contribution in [3.05, 3.63) is 35.7 Å². The van der Waals surface area contributed by atoms with Gasteiger partial charge < -0.3 is 9.64 Å². The zero-order chi connectivity index (χ0) is 18.7. The highest BCUT2D eigenvalue weighted by Crippen LogP contribution is 2.24. The van der Waals surface area contributed by atoms with Gasteiger partial charge in [-0.15, -0.1) is 0 Å². The van der Waals surface area contributed by atoms with Gasteiger partial charge in [-0.25, -0.2) is 22.2 Å². The lowest BCUT2D eigenvalue weighted by atomic mass is 10.3. The van der Waals surface area contributed by atoms with Gasteiger partial charge in [0.25, 0.3) is 0 Å². The highest BCUT2D eigenvalue weighted by atomic mass is 32.2. The maximum absolute atomic E-state index is 13.9. The standard InChI is InChI=1S/C15H18F2N4O3S2/c1-24-9-4-14-18-15(25-19-14)20-5-7-21(8-6-20)26(22,23)13-10-11(16)2-3-12(13)17/h2-3,10H,4-9H2,1H3. The Kier molecular flexibility index (Phi) is 5.80. The van der Waals surface area contributed by atoms with Crippen molar-refractivity contribution in [3.8, 4) is 0 Å². The molecule has 26 heavy (non-hydrogen) atoms. The highest BCUT2D eigenvalue weighted by Gasteiger charge is 2.31. The second kappa shape index (κ2) is 7.91. The molecule has 1 aliphatic heterocycles. The molecule has 0 saturated carbocycles. The molecule has 11 heteroatoms. The summed E-state index contributed by atoms with van der Waals surface area (Å²) in [7, 11) is -2.48. The van der Waals surface area contributed by atoms with Crippen LogP contribution in [0.1, 0.15) is 5.82 Å². The molecule has 7 nitrogen and oxygen atoms in total. The summed E-state index contributed by atoms with van der Waals surface area (Å²) in [6.07, 6.45) is 0.611. The molecule has 1 aromatic heterocycles. The zero-order valence-corrected chi connectivity index (χ0v) is 15.7. The summed E-state index contributed by atoms with van der Waals surface area (Å²) in [5.41, 5.74) is 0. The van der Waals surface area contributed by atoms with E-state index < -0.39 is 26.6 Å². The fourth-order valence-corrected chi connectivity index (χ4v) is 4.86. The lowest BCUT2D eigenvalue weighted by Gasteiger charge is -2.33. The maximum atomic E-state index is 13.9. The summed E-state index contributed by atoms with van der Waals surface area (Å²) in [5, 5.41) is 0.713. The molecule has 2 aromatic rings. The molecule has 1 aliphatic rings. The SMILES string of the molecule is COCCc1nsc(N2CCN(S(=O)(=O)c3cc(F)ccc3F)CC2)n1. The molecule has 0 amide bonds. The first-order valence-electron chi connectivity index (χ1n) is 7.93. The third-order valence-corrected chi connectivity index (χ3v) is 6.74. The number of hydrogen-bond donors (Lipinski definition) is 0. The predicted octanol–water partition coefficient (Wildman–Crippen LogP) is 1.52. The minimum Gasteiger partial charge on any atom is -0.384 e. The summed E-state index contributed by atoms with van der Waals surface area (Å²) >= 11 is 1.25. The highest BCUT2D eigenvalue weighted by molar-refractivity contribution is 7.89. The fraction of sp³-hybridized carbons (Fsp3) is 0.467. The number of ether oxygens (including phenoxy) is 1. The van der Waals surface area contributed by atoms with Crippen molar-refractivity contribution in [2.45, 2.75) is 11.3 Å². The van der Waals surface area contributed by atoms with E-state index in [-0.39, 0.29) is 13.1 Å². The molecule has 0 aliphatic carbocycles. The Balaban J connectivity index is 1.68. The summed E-state index contributed by atoms with van der Waals surface area (Å²) in [5.74, 6) is -1.06. The van der Waals surface area contributed by atoms with E-state index >= 15 is 0 Å². The van der Waals surface area contributed by atoms with Crippen LogP contribution in [-0.4, -0.2) is 62.0 Å². The van der Waals surface area contributed by atoms with Crippen LogP contribution in [0.2, 0.25) is 0 Å². The second-order valence-corrected chi connectivity index (χ2v) is 8.34. The Morgan fingerprint density at radius 2 is 1.96 bits per heavy atom. The first-order valence-corrected chi connectivity index (χ1v) is 10.1. The average Bonchev–Trinajstić information content (AvgIpc) is 3.11. The second-order valence-electron chi connectivity index (χ2n) is 5.70. The van der Waals surface area contributed by atoms with E-state index in [2.05, 4.69) is 9.36 Å². The van der Waals surface area contributed by atoms with Crippen molar-refractivity contribution in [3.63, 3.8) is 0 Å². The van der Waals surface area contributed by atoms with Crippen LogP contribution >= 0.6 is 11.5 Å². The molecule has 0 N–H and O–H groups in total. The van der Waals surface area contributed by atoms with Gasteiger partial charge >= 0.3 is 0 Å². The Morgan fingerprint density at radius 3 is 2.65 bits per heavy atom. The molecule has 1 fully saturated rings. The van der Waals surface area contributed by atoms with Gasteiger partial charge in [0.15, 0.2) is 0 Å². The van der Waals surface area contributed by atoms with Gasteiger partial charge in [0.2, 0.25) is 15.2 Å². The summed E-state index contributed by atoms with van der Waals surface area (Å²) in [4.78, 5) is 5.72. The monoisotopic (exact) mass is 404 g/mol. The smallest absolute Gasteiger partial charge is 0.246 e. The molecule has 1 saturated heterocycles. The molecule has 2 heterocycles. The van der Waals surface area contributed by atoms with Crippen molar-refractivity contribution in [1.82, 2.24) is 13.7 Å². The Bertz CT molecular complexity index is 868. The number of hydrogen-bond acceptors (Lipinski definition) is 7. The molecule has 142 valence electrons. The molecular formula is C15H18F2N4O3S2. The number of piperazine rings is 1. The van der Waals surface area contributed by atoms with Crippen LogP contribution in [0.25, 0.3) is 0 Å². The minimum absolute atomic E-state index is 0.158. The Hall–Kier alpha value is -1.69. The first kappa shape index (κ1) is 19.1. The number of benzene rings is 1. The first-order chi connectivity index (χ1) is 12.4. The van der Waals surface area contributed by atoms with Crippen LogP contribution in [-0.2, 0) is 21.2 Å². The van der Waals surface area contributed by atoms with Crippen LogP contribution in [0, 0.1) is 11.6 Å². The summed E-state index contributed by atoms with van der Waals surface area (Å²) in [6, 6.07) is 2.42. The number of halogens is 2. The van der Waals surface area contributed by atoms with Crippen molar-refractivity contribution >= 4 is 26.7 Å². The van der Waals surface area contributed by atoms with Crippen LogP contribution < -0.4 is 4.90 Å². The van der Waals surface area contributed by atoms with Crippen LogP contribution in [0.15, 0.2) is 23.1 Å². The molecule has 0 bridgehead atoms. The molecule has 1 aromatic carbocycles. The predicted molar refractivity (Wildman–Crippen MR) is 92.8 cm³/mol. The van der Waals surface area contributed by atoms with E-state index in [0.29, 0.717) is 43.1 Å². The summed E-state index contributed by atoms with van der Waals surface area (Å²) < 4.78 is 62.8. The van der Waals surface area contributed by atoms with E-state index in [1.807, 2.05) is 4.90 Å². The van der Waals surface area contributed by atoms with E-state index in [1.165, 1.54) is 11.5 Å². The van der Waals surface area contributed by atoms with Crippen LogP contribution in [0.3, 0.4) is 0 Å². The molecule has 0 unspecified atom stereocenters. The number of methoxy groups -OCH3 is 1. The van der Waals surface area contributed by atoms with Gasteiger partial charge in [0.05, 0.1) is 6.61 Å². The summed E-state index contributed by atoms with van der Waals surface area (Å²) in [6.45, 7) is 1.64. The average molecular weight is 404 g/mol. The van der Waals surface area contributed by atoms with Gasteiger partial charge in [0.1, 0.15) is 22.4 Å². The van der Waals surface area contributed by atoms with E-state index in [4.69, 9.17) is 4.74 Å². The van der Waals surface area contributed by atoms with Crippen LogP contribution in [0.4, 0.5) is 13.9 Å². The van der Waals surface area contributed by atoms with Gasteiger partial charge in [-0.3, -0.25) is 0 Å². The van der Waals surface area contributed by atoms with Gasteiger partial charge in [0, 0.05) is 51.2 Å². The van der Waals surface area contributed by atoms with Gasteiger partial charge in [-0.05, 0) is 18.2 Å². The lowest BCUT2D eigenvalue weighted by molar-refractivity contribution is 0.201. The van der Waals surface area contributed by atoms with E-state index in [1.54, 1.807) is 7.11 Å². The third-order valence-electron chi connectivity index (χ3n) is 4.01. The molecule has 0 radical (unpaired) electrons. The quantitative estimate of drug-likeness (QED) is 0.727. The van der Waals surface area contributed by atoms with Crippen molar-refractivity contribution in [2.75, 3.05) is 44.8 Å². The minimum atomic E-state index is -4.09. The van der Waals surface area contributed by atoms with Crippen molar-refractivity contribution in [2.24, 2.45) is 0 Å². The van der Waals surface area contributed by atoms with E-state index in [9.17, 15) is 17.2 Å². The van der Waals surface area contributed by atoms with Crippen LogP contribution in [0.5, 0.6) is 0 Å². The molecule has 3 rings (SSSR count). The number of sulfonamides is 1. The normalized spacial score (nSPS) is 16.2. The zero-order valence-electron chi connectivity index (χ0n) is 14.1. The largest absolute Gasteiger partial charge is 0.384 e. The number of nitrogens with zero attached hydrogens (tertiary/aromatic N) is 4. The van der Waals surface area contributed by atoms with Gasteiger partial charge in [-0.1, -0.05) is 0 Å². The fourth-order valence-electron chi connectivity index (χ4n) is 2.60. The molecular weight excluding hydrogens is 386 g/mol. The van der Waals surface area contributed by atoms with Crippen molar-refractivity contribution < 1.29 is 21.9 Å². The third kappa shape index (κ3) is 4.00. The Morgan fingerprint density at radius 1 is 1.23 bits per heavy atom. The Labute approximate surface area is 154 Å². The molecule has 0 spiro atoms. The maximum Gasteiger partial charge on any atom is 0.246 e. The number of rotatable bonds is 6. The lowest BCUT2D eigenvalue weighted by Crippen LogP contribution is -2.48. The van der Waals surface area contributed by atoms with Gasteiger partial charge in [-0.2, -0.15) is 8.68 Å². The topological polar surface area (TPSA) is 75.6 Å². The number of anilines is 1. The molecule has 0 atom stereocenters.